The summed E-state index contributed by atoms with van der Waals surface area (Å²) in [4.78, 5) is 10.6. The Morgan fingerprint density at radius 3 is 2.43 bits per heavy atom. The number of aliphatic hydroxyl groups excluding tert-OH is 1. The maximum Gasteiger partial charge on any atom is 0.218 e. The highest BCUT2D eigenvalue weighted by Crippen LogP contribution is 2.03. The summed E-state index contributed by atoms with van der Waals surface area (Å²) in [6.07, 6.45) is 0.746. The normalized spacial score (nSPS) is 15.5. The lowest BCUT2D eigenvalue weighted by molar-refractivity contribution is -0.118. The van der Waals surface area contributed by atoms with Gasteiger partial charge in [0.05, 0.1) is 6.10 Å². The summed E-state index contributed by atoms with van der Waals surface area (Å²) in [5.41, 5.74) is 5.04. The van der Waals surface area contributed by atoms with Crippen LogP contribution in [0.4, 0.5) is 0 Å². The second kappa shape index (κ2) is 6.79. The van der Waals surface area contributed by atoms with Gasteiger partial charge in [0.1, 0.15) is 0 Å². The van der Waals surface area contributed by atoms with Gasteiger partial charge in [-0.15, -0.1) is 0 Å². The maximum atomic E-state index is 10.6. The van der Waals surface area contributed by atoms with E-state index in [1.54, 1.807) is 0 Å². The smallest absolute Gasteiger partial charge is 0.218 e. The molecule has 1 amide bonds. The molecule has 2 atom stereocenters. The zero-order valence-electron chi connectivity index (χ0n) is 9.29. The molecule has 0 aromatic rings. The molecular weight excluding hydrogens is 180 g/mol. The van der Waals surface area contributed by atoms with E-state index in [-0.39, 0.29) is 18.1 Å². The van der Waals surface area contributed by atoms with E-state index in [0.29, 0.717) is 18.9 Å². The Kier molecular flexibility index (Phi) is 6.49. The van der Waals surface area contributed by atoms with Gasteiger partial charge in [0.2, 0.25) is 5.91 Å². The van der Waals surface area contributed by atoms with Gasteiger partial charge in [0, 0.05) is 19.0 Å². The summed E-state index contributed by atoms with van der Waals surface area (Å²) < 4.78 is 0. The number of hydrogen-bond donors (Lipinski definition) is 3. The molecule has 0 rings (SSSR count). The largest absolute Gasteiger partial charge is 0.392 e. The zero-order chi connectivity index (χ0) is 11.1. The predicted molar refractivity (Wildman–Crippen MR) is 56.7 cm³/mol. The minimum atomic E-state index is -0.342. The molecule has 0 saturated carbocycles. The van der Waals surface area contributed by atoms with Crippen molar-refractivity contribution in [1.29, 1.82) is 0 Å². The number of amides is 1. The molecule has 4 N–H and O–H groups in total. The first-order chi connectivity index (χ1) is 6.41. The topological polar surface area (TPSA) is 75.3 Å². The Morgan fingerprint density at radius 1 is 1.43 bits per heavy atom. The lowest BCUT2D eigenvalue weighted by atomic mass is 10.1. The molecule has 0 heterocycles. The molecule has 0 radical (unpaired) electrons. The second-order valence-electron chi connectivity index (χ2n) is 4.26. The van der Waals surface area contributed by atoms with Gasteiger partial charge in [-0.25, -0.2) is 0 Å². The minimum absolute atomic E-state index is 0.0364. The first kappa shape index (κ1) is 13.4. The first-order valence-corrected chi connectivity index (χ1v) is 5.11. The molecule has 0 saturated heterocycles. The first-order valence-electron chi connectivity index (χ1n) is 5.11. The number of rotatable bonds is 7. The fourth-order valence-corrected chi connectivity index (χ4v) is 1.34. The third-order valence-electron chi connectivity index (χ3n) is 1.95. The molecular formula is C10H22N2O2. The van der Waals surface area contributed by atoms with E-state index in [1.807, 2.05) is 6.92 Å². The summed E-state index contributed by atoms with van der Waals surface area (Å²) in [6, 6.07) is 0.0364. The second-order valence-corrected chi connectivity index (χ2v) is 4.26. The van der Waals surface area contributed by atoms with Crippen molar-refractivity contribution in [3.8, 4) is 0 Å². The lowest BCUT2D eigenvalue weighted by Gasteiger charge is -2.17. The van der Waals surface area contributed by atoms with E-state index in [9.17, 15) is 9.90 Å². The third-order valence-corrected chi connectivity index (χ3v) is 1.95. The number of nitrogens with two attached hydrogens (primary N) is 1. The van der Waals surface area contributed by atoms with Crippen molar-refractivity contribution < 1.29 is 9.90 Å². The van der Waals surface area contributed by atoms with Gasteiger partial charge in [-0.1, -0.05) is 13.8 Å². The van der Waals surface area contributed by atoms with Crippen molar-refractivity contribution in [2.24, 2.45) is 11.7 Å². The number of aliphatic hydroxyl groups is 1. The van der Waals surface area contributed by atoms with Crippen molar-refractivity contribution in [1.82, 2.24) is 5.32 Å². The van der Waals surface area contributed by atoms with Gasteiger partial charge < -0.3 is 16.2 Å². The van der Waals surface area contributed by atoms with Gasteiger partial charge in [-0.2, -0.15) is 0 Å². The number of hydrogen-bond acceptors (Lipinski definition) is 3. The SMILES string of the molecule is CC(C)CC(O)CNC(C)CC(N)=O. The zero-order valence-corrected chi connectivity index (χ0v) is 9.29. The fourth-order valence-electron chi connectivity index (χ4n) is 1.34. The van der Waals surface area contributed by atoms with Gasteiger partial charge in [0.15, 0.2) is 0 Å². The Labute approximate surface area is 85.9 Å². The molecule has 0 spiro atoms. The summed E-state index contributed by atoms with van der Waals surface area (Å²) in [7, 11) is 0. The molecule has 0 fully saturated rings. The third kappa shape index (κ3) is 8.01. The summed E-state index contributed by atoms with van der Waals surface area (Å²) in [5.74, 6) is 0.168. The van der Waals surface area contributed by atoms with Crippen LogP contribution in [0.15, 0.2) is 0 Å². The van der Waals surface area contributed by atoms with Gasteiger partial charge >= 0.3 is 0 Å². The van der Waals surface area contributed by atoms with Crippen molar-refractivity contribution in [3.05, 3.63) is 0 Å². The highest BCUT2D eigenvalue weighted by molar-refractivity contribution is 5.74. The van der Waals surface area contributed by atoms with Crippen LogP contribution >= 0.6 is 0 Å². The molecule has 4 heteroatoms. The van der Waals surface area contributed by atoms with E-state index in [0.717, 1.165) is 6.42 Å². The molecule has 0 aliphatic rings. The number of carbonyl (C=O) groups is 1. The van der Waals surface area contributed by atoms with Gasteiger partial charge in [0.25, 0.3) is 0 Å². The maximum absolute atomic E-state index is 10.6. The molecule has 2 unspecified atom stereocenters. The van der Waals surface area contributed by atoms with Crippen LogP contribution in [0.3, 0.4) is 0 Å². The number of nitrogens with one attached hydrogen (secondary N) is 1. The van der Waals surface area contributed by atoms with Crippen LogP contribution in [-0.4, -0.2) is 29.7 Å². The van der Waals surface area contributed by atoms with Crippen molar-refractivity contribution in [2.45, 2.75) is 45.8 Å². The number of carbonyl (C=O) groups excluding carboxylic acids is 1. The molecule has 0 aromatic heterocycles. The fraction of sp³-hybridized carbons (Fsp3) is 0.900. The van der Waals surface area contributed by atoms with Crippen LogP contribution in [0.1, 0.15) is 33.6 Å². The van der Waals surface area contributed by atoms with Crippen molar-refractivity contribution >= 4 is 5.91 Å². The van der Waals surface area contributed by atoms with Gasteiger partial charge in [-0.3, -0.25) is 4.79 Å². The van der Waals surface area contributed by atoms with Crippen LogP contribution in [0.2, 0.25) is 0 Å². The van der Waals surface area contributed by atoms with Crippen LogP contribution in [0.5, 0.6) is 0 Å². The molecule has 4 nitrogen and oxygen atoms in total. The van der Waals surface area contributed by atoms with Gasteiger partial charge in [-0.05, 0) is 19.3 Å². The molecule has 0 aromatic carbocycles. The van der Waals surface area contributed by atoms with Crippen molar-refractivity contribution in [3.63, 3.8) is 0 Å². The molecule has 14 heavy (non-hydrogen) atoms. The van der Waals surface area contributed by atoms with Crippen LogP contribution in [0, 0.1) is 5.92 Å². The van der Waals surface area contributed by atoms with E-state index < -0.39 is 0 Å². The van der Waals surface area contributed by atoms with Crippen LogP contribution in [-0.2, 0) is 4.79 Å². The van der Waals surface area contributed by atoms with E-state index in [4.69, 9.17) is 5.73 Å². The summed E-state index contributed by atoms with van der Waals surface area (Å²) >= 11 is 0. The Balaban J connectivity index is 3.55. The van der Waals surface area contributed by atoms with E-state index >= 15 is 0 Å². The molecule has 0 bridgehead atoms. The lowest BCUT2D eigenvalue weighted by Crippen LogP contribution is -2.36. The van der Waals surface area contributed by atoms with Crippen molar-refractivity contribution in [2.75, 3.05) is 6.54 Å². The molecule has 0 aliphatic heterocycles. The highest BCUT2D eigenvalue weighted by atomic mass is 16.3. The van der Waals surface area contributed by atoms with Crippen LogP contribution in [0.25, 0.3) is 0 Å². The average Bonchev–Trinajstić information content (AvgIpc) is 1.98. The minimum Gasteiger partial charge on any atom is -0.392 e. The average molecular weight is 202 g/mol. The monoisotopic (exact) mass is 202 g/mol. The number of primary amides is 1. The predicted octanol–water partition coefficient (Wildman–Crippen LogP) is 0.247. The summed E-state index contributed by atoms with van der Waals surface area (Å²) in [6.45, 7) is 6.53. The standard InChI is InChI=1S/C10H22N2O2/c1-7(2)4-9(13)6-12-8(3)5-10(11)14/h7-9,12-13H,4-6H2,1-3H3,(H2,11,14). The summed E-state index contributed by atoms with van der Waals surface area (Å²) in [5, 5.41) is 12.6. The molecule has 84 valence electrons. The molecule has 0 aliphatic carbocycles. The Bertz CT molecular complexity index is 172. The highest BCUT2D eigenvalue weighted by Gasteiger charge is 2.10. The van der Waals surface area contributed by atoms with E-state index in [1.165, 1.54) is 0 Å². The quantitative estimate of drug-likeness (QED) is 0.554. The Hall–Kier alpha value is -0.610. The Morgan fingerprint density at radius 2 is 2.00 bits per heavy atom. The van der Waals surface area contributed by atoms with Crippen LogP contribution < -0.4 is 11.1 Å². The van der Waals surface area contributed by atoms with E-state index in [2.05, 4.69) is 19.2 Å².